The summed E-state index contributed by atoms with van der Waals surface area (Å²) in [6.07, 6.45) is 2.87. The minimum Gasteiger partial charge on any atom is -0.472 e. The fraction of sp³-hybridized carbons (Fsp3) is 0.0833. The predicted octanol–water partition coefficient (Wildman–Crippen LogP) is 2.16. The second-order valence-electron chi connectivity index (χ2n) is 3.26. The monoisotopic (exact) mass is 201 g/mol. The minimum absolute atomic E-state index is 0.130. The number of ketones is 1. The van der Waals surface area contributed by atoms with Gasteiger partial charge in [-0.15, -0.1) is 0 Å². The average Bonchev–Trinajstić information content (AvgIpc) is 2.82. The SMILES string of the molecule is N[C@@H](C(=O)c1ccoc1)c1ccccc1. The van der Waals surface area contributed by atoms with Gasteiger partial charge in [-0.1, -0.05) is 30.3 Å². The Hall–Kier alpha value is -1.87. The van der Waals surface area contributed by atoms with Gasteiger partial charge in [0.2, 0.25) is 0 Å². The molecule has 0 spiro atoms. The van der Waals surface area contributed by atoms with Crippen LogP contribution in [0.2, 0.25) is 0 Å². The third kappa shape index (κ3) is 1.97. The van der Waals surface area contributed by atoms with Gasteiger partial charge in [-0.25, -0.2) is 0 Å². The minimum atomic E-state index is -0.621. The Morgan fingerprint density at radius 2 is 1.93 bits per heavy atom. The number of furan rings is 1. The van der Waals surface area contributed by atoms with Crippen LogP contribution in [0.5, 0.6) is 0 Å². The van der Waals surface area contributed by atoms with Crippen molar-refractivity contribution in [3.8, 4) is 0 Å². The first kappa shape index (κ1) is 9.68. The molecule has 1 aromatic carbocycles. The molecule has 2 rings (SSSR count). The number of rotatable bonds is 3. The third-order valence-corrected chi connectivity index (χ3v) is 2.25. The standard InChI is InChI=1S/C12H11NO2/c13-11(9-4-2-1-3-5-9)12(14)10-6-7-15-8-10/h1-8,11H,13H2/t11-/m1/s1. The van der Waals surface area contributed by atoms with Gasteiger partial charge in [-0.3, -0.25) is 4.79 Å². The van der Waals surface area contributed by atoms with Gasteiger partial charge in [-0.05, 0) is 11.6 Å². The van der Waals surface area contributed by atoms with E-state index in [0.717, 1.165) is 5.56 Å². The highest BCUT2D eigenvalue weighted by Crippen LogP contribution is 2.15. The summed E-state index contributed by atoms with van der Waals surface area (Å²) in [4.78, 5) is 11.8. The van der Waals surface area contributed by atoms with Crippen molar-refractivity contribution in [2.75, 3.05) is 0 Å². The number of Topliss-reactive ketones (excluding diaryl/α,β-unsaturated/α-hetero) is 1. The first-order valence-corrected chi connectivity index (χ1v) is 4.66. The summed E-state index contributed by atoms with van der Waals surface area (Å²) in [5, 5.41) is 0. The molecule has 15 heavy (non-hydrogen) atoms. The average molecular weight is 201 g/mol. The van der Waals surface area contributed by atoms with Crippen LogP contribution in [0.25, 0.3) is 0 Å². The van der Waals surface area contributed by atoms with E-state index in [0.29, 0.717) is 5.56 Å². The highest BCUT2D eigenvalue weighted by Gasteiger charge is 2.17. The topological polar surface area (TPSA) is 56.2 Å². The lowest BCUT2D eigenvalue weighted by Gasteiger charge is -2.08. The van der Waals surface area contributed by atoms with Crippen molar-refractivity contribution in [1.29, 1.82) is 0 Å². The molecule has 0 aliphatic heterocycles. The Bertz CT molecular complexity index is 434. The van der Waals surface area contributed by atoms with Crippen molar-refractivity contribution >= 4 is 5.78 Å². The highest BCUT2D eigenvalue weighted by atomic mass is 16.3. The van der Waals surface area contributed by atoms with E-state index in [9.17, 15) is 4.79 Å². The van der Waals surface area contributed by atoms with Crippen LogP contribution in [-0.4, -0.2) is 5.78 Å². The van der Waals surface area contributed by atoms with Gasteiger partial charge in [0.15, 0.2) is 5.78 Å². The smallest absolute Gasteiger partial charge is 0.187 e. The van der Waals surface area contributed by atoms with Crippen LogP contribution < -0.4 is 5.73 Å². The van der Waals surface area contributed by atoms with Crippen molar-refractivity contribution in [3.05, 3.63) is 60.1 Å². The molecular formula is C12H11NO2. The quantitative estimate of drug-likeness (QED) is 0.774. The Labute approximate surface area is 87.5 Å². The second kappa shape index (κ2) is 4.11. The van der Waals surface area contributed by atoms with Crippen LogP contribution in [0.4, 0.5) is 0 Å². The lowest BCUT2D eigenvalue weighted by molar-refractivity contribution is 0.0960. The zero-order valence-corrected chi connectivity index (χ0v) is 8.09. The first-order chi connectivity index (χ1) is 7.29. The van der Waals surface area contributed by atoms with Gasteiger partial charge in [0.25, 0.3) is 0 Å². The number of benzene rings is 1. The number of nitrogens with two attached hydrogens (primary N) is 1. The zero-order chi connectivity index (χ0) is 10.7. The summed E-state index contributed by atoms with van der Waals surface area (Å²) < 4.78 is 4.85. The van der Waals surface area contributed by atoms with E-state index in [1.165, 1.54) is 12.5 Å². The van der Waals surface area contributed by atoms with Gasteiger partial charge in [0, 0.05) is 0 Å². The summed E-state index contributed by atoms with van der Waals surface area (Å²) in [6, 6.07) is 10.3. The molecule has 1 heterocycles. The van der Waals surface area contributed by atoms with E-state index in [-0.39, 0.29) is 5.78 Å². The van der Waals surface area contributed by atoms with Crippen molar-refractivity contribution in [1.82, 2.24) is 0 Å². The van der Waals surface area contributed by atoms with E-state index in [1.807, 2.05) is 30.3 Å². The van der Waals surface area contributed by atoms with Crippen molar-refractivity contribution in [2.45, 2.75) is 6.04 Å². The van der Waals surface area contributed by atoms with E-state index in [4.69, 9.17) is 10.2 Å². The van der Waals surface area contributed by atoms with E-state index in [1.54, 1.807) is 6.07 Å². The van der Waals surface area contributed by atoms with Crippen LogP contribution in [0, 0.1) is 0 Å². The summed E-state index contributed by atoms with van der Waals surface area (Å²) in [6.45, 7) is 0. The first-order valence-electron chi connectivity index (χ1n) is 4.66. The summed E-state index contributed by atoms with van der Waals surface area (Å²) >= 11 is 0. The molecule has 1 atom stereocenters. The zero-order valence-electron chi connectivity index (χ0n) is 8.09. The number of hydrogen-bond acceptors (Lipinski definition) is 3. The molecule has 0 saturated carbocycles. The molecule has 2 N–H and O–H groups in total. The van der Waals surface area contributed by atoms with Crippen molar-refractivity contribution in [3.63, 3.8) is 0 Å². The lowest BCUT2D eigenvalue weighted by Crippen LogP contribution is -2.20. The molecular weight excluding hydrogens is 190 g/mol. The van der Waals surface area contributed by atoms with Crippen LogP contribution in [0.15, 0.2) is 53.3 Å². The normalized spacial score (nSPS) is 12.3. The number of carbonyl (C=O) groups is 1. The molecule has 0 fully saturated rings. The fourth-order valence-corrected chi connectivity index (χ4v) is 1.40. The maximum atomic E-state index is 11.8. The summed E-state index contributed by atoms with van der Waals surface area (Å²) in [5.41, 5.74) is 7.15. The van der Waals surface area contributed by atoms with Crippen LogP contribution in [-0.2, 0) is 0 Å². The molecule has 3 heteroatoms. The molecule has 0 unspecified atom stereocenters. The van der Waals surface area contributed by atoms with Gasteiger partial charge >= 0.3 is 0 Å². The van der Waals surface area contributed by atoms with Crippen LogP contribution in [0.3, 0.4) is 0 Å². The molecule has 0 aliphatic carbocycles. The van der Waals surface area contributed by atoms with Gasteiger partial charge < -0.3 is 10.2 Å². The van der Waals surface area contributed by atoms with Crippen LogP contribution >= 0.6 is 0 Å². The van der Waals surface area contributed by atoms with Crippen molar-refractivity contribution < 1.29 is 9.21 Å². The highest BCUT2D eigenvalue weighted by molar-refractivity contribution is 6.00. The molecule has 0 saturated heterocycles. The largest absolute Gasteiger partial charge is 0.472 e. The molecule has 0 bridgehead atoms. The molecule has 0 aliphatic rings. The maximum Gasteiger partial charge on any atom is 0.187 e. The number of carbonyl (C=O) groups excluding carboxylic acids is 1. The van der Waals surface area contributed by atoms with Gasteiger partial charge in [-0.2, -0.15) is 0 Å². The second-order valence-corrected chi connectivity index (χ2v) is 3.26. The van der Waals surface area contributed by atoms with E-state index < -0.39 is 6.04 Å². The van der Waals surface area contributed by atoms with Crippen molar-refractivity contribution in [2.24, 2.45) is 5.73 Å². The lowest BCUT2D eigenvalue weighted by atomic mass is 10.0. The number of hydrogen-bond donors (Lipinski definition) is 1. The Kier molecular flexibility index (Phi) is 2.65. The molecule has 1 aromatic heterocycles. The molecule has 76 valence electrons. The fourth-order valence-electron chi connectivity index (χ4n) is 1.40. The Morgan fingerprint density at radius 1 is 1.20 bits per heavy atom. The van der Waals surface area contributed by atoms with E-state index >= 15 is 0 Å². The van der Waals surface area contributed by atoms with Gasteiger partial charge in [0.1, 0.15) is 6.26 Å². The Balaban J connectivity index is 2.23. The van der Waals surface area contributed by atoms with Gasteiger partial charge in [0.05, 0.1) is 17.9 Å². The van der Waals surface area contributed by atoms with Crippen LogP contribution in [0.1, 0.15) is 22.0 Å². The third-order valence-electron chi connectivity index (χ3n) is 2.25. The summed E-state index contributed by atoms with van der Waals surface area (Å²) in [5.74, 6) is -0.130. The molecule has 0 amide bonds. The predicted molar refractivity (Wildman–Crippen MR) is 56.4 cm³/mol. The molecule has 3 nitrogen and oxygen atoms in total. The summed E-state index contributed by atoms with van der Waals surface area (Å²) in [7, 11) is 0. The van der Waals surface area contributed by atoms with E-state index in [2.05, 4.69) is 0 Å². The molecule has 0 radical (unpaired) electrons. The molecule has 2 aromatic rings. The Morgan fingerprint density at radius 3 is 2.53 bits per heavy atom. The maximum absolute atomic E-state index is 11.8.